The number of ether oxygens (including phenoxy) is 1. The zero-order valence-corrected chi connectivity index (χ0v) is 21.9. The van der Waals surface area contributed by atoms with Gasteiger partial charge < -0.3 is 29.8 Å². The molecular formula is C29H32N6O4. The van der Waals surface area contributed by atoms with Gasteiger partial charge >= 0.3 is 0 Å². The van der Waals surface area contributed by atoms with E-state index in [1.54, 1.807) is 30.7 Å². The number of hydrogen-bond donors (Lipinski definition) is 2. The average molecular weight is 529 g/mol. The fourth-order valence-electron chi connectivity index (χ4n) is 5.37. The van der Waals surface area contributed by atoms with Crippen LogP contribution in [0.3, 0.4) is 0 Å². The van der Waals surface area contributed by atoms with E-state index in [9.17, 15) is 9.90 Å². The molecule has 0 spiro atoms. The van der Waals surface area contributed by atoms with Gasteiger partial charge in [0.05, 0.1) is 19.3 Å². The number of anilines is 2. The lowest BCUT2D eigenvalue weighted by Gasteiger charge is -2.40. The Balaban J connectivity index is 1.19. The number of aromatic nitrogens is 3. The summed E-state index contributed by atoms with van der Waals surface area (Å²) in [6.45, 7) is 6.22. The summed E-state index contributed by atoms with van der Waals surface area (Å²) in [7, 11) is 0. The van der Waals surface area contributed by atoms with Crippen molar-refractivity contribution in [2.24, 2.45) is 11.7 Å². The Morgan fingerprint density at radius 2 is 1.95 bits per heavy atom. The number of nitrogens with two attached hydrogens (primary N) is 1. The van der Waals surface area contributed by atoms with E-state index in [0.717, 1.165) is 35.7 Å². The molecule has 0 unspecified atom stereocenters. The number of carbonyl (C=O) groups is 1. The van der Waals surface area contributed by atoms with Gasteiger partial charge in [0.15, 0.2) is 11.4 Å². The van der Waals surface area contributed by atoms with Gasteiger partial charge in [0, 0.05) is 86.0 Å². The Labute approximate surface area is 226 Å². The molecular weight excluding hydrogens is 496 g/mol. The molecule has 4 aromatic heterocycles. The number of Topliss-reactive ketones (excluding diaryl/α,β-unsaturated/α-hetero) is 1. The standard InChI is InChI=1S/C29H32N6O4/c1-18-16-35(17-21(30)29(18)37)24-6-7-31-14-20(24)12-25(36)22-3-4-26-23(33-22)13-27(39-26)19-2-5-28(32-15-19)34-8-10-38-11-9-34/h2-7,13-15,18,21,29,37H,8-12,16-17,30H2,1H3/t18-,21+,29+/m0/s1. The van der Waals surface area contributed by atoms with Gasteiger partial charge in [-0.05, 0) is 30.3 Å². The summed E-state index contributed by atoms with van der Waals surface area (Å²) in [4.78, 5) is 31.1. The van der Waals surface area contributed by atoms with Crippen molar-refractivity contribution in [2.75, 3.05) is 49.2 Å². The van der Waals surface area contributed by atoms with E-state index in [-0.39, 0.29) is 24.2 Å². The maximum Gasteiger partial charge on any atom is 0.185 e. The number of ketones is 1. The van der Waals surface area contributed by atoms with Gasteiger partial charge in [-0.25, -0.2) is 9.97 Å². The monoisotopic (exact) mass is 528 g/mol. The van der Waals surface area contributed by atoms with Gasteiger partial charge in [-0.15, -0.1) is 0 Å². The highest BCUT2D eigenvalue weighted by Crippen LogP contribution is 2.29. The Morgan fingerprint density at radius 3 is 2.72 bits per heavy atom. The Morgan fingerprint density at radius 1 is 1.10 bits per heavy atom. The molecule has 0 amide bonds. The lowest BCUT2D eigenvalue weighted by Crippen LogP contribution is -2.55. The van der Waals surface area contributed by atoms with E-state index >= 15 is 0 Å². The van der Waals surface area contributed by atoms with Gasteiger partial charge in [-0.2, -0.15) is 0 Å². The van der Waals surface area contributed by atoms with Crippen LogP contribution < -0.4 is 15.5 Å². The first-order chi connectivity index (χ1) is 19.0. The van der Waals surface area contributed by atoms with Crippen LogP contribution >= 0.6 is 0 Å². The van der Waals surface area contributed by atoms with Crippen LogP contribution in [0.2, 0.25) is 0 Å². The Bertz CT molecular complexity index is 1450. The fourth-order valence-corrected chi connectivity index (χ4v) is 5.37. The van der Waals surface area contributed by atoms with Crippen LogP contribution in [-0.4, -0.2) is 77.4 Å². The average Bonchev–Trinajstić information content (AvgIpc) is 3.40. The van der Waals surface area contributed by atoms with Gasteiger partial charge in [0.1, 0.15) is 22.8 Å². The summed E-state index contributed by atoms with van der Waals surface area (Å²) in [6, 6.07) is 10.8. The number of nitrogens with zero attached hydrogens (tertiary/aromatic N) is 5. The molecule has 0 aromatic carbocycles. The summed E-state index contributed by atoms with van der Waals surface area (Å²) in [5, 5.41) is 10.3. The van der Waals surface area contributed by atoms with Crippen LogP contribution in [0.15, 0.2) is 59.4 Å². The highest BCUT2D eigenvalue weighted by molar-refractivity contribution is 5.98. The quantitative estimate of drug-likeness (QED) is 0.360. The molecule has 3 N–H and O–H groups in total. The maximum atomic E-state index is 13.3. The molecule has 4 aromatic rings. The molecule has 2 fully saturated rings. The van der Waals surface area contributed by atoms with Crippen molar-refractivity contribution in [2.45, 2.75) is 25.5 Å². The molecule has 0 saturated carbocycles. The first-order valence-electron chi connectivity index (χ1n) is 13.3. The molecule has 10 nitrogen and oxygen atoms in total. The summed E-state index contributed by atoms with van der Waals surface area (Å²) in [5.74, 6) is 1.47. The molecule has 3 atom stereocenters. The number of carbonyl (C=O) groups excluding carboxylic acids is 1. The fraction of sp³-hybridized carbons (Fsp3) is 0.379. The zero-order valence-electron chi connectivity index (χ0n) is 21.9. The summed E-state index contributed by atoms with van der Waals surface area (Å²) < 4.78 is 11.4. The van der Waals surface area contributed by atoms with Crippen LogP contribution in [0.1, 0.15) is 23.0 Å². The lowest BCUT2D eigenvalue weighted by molar-refractivity contribution is 0.0784. The molecule has 2 saturated heterocycles. The molecule has 2 aliphatic rings. The number of hydrogen-bond acceptors (Lipinski definition) is 10. The number of aliphatic hydroxyl groups is 1. The highest BCUT2D eigenvalue weighted by Gasteiger charge is 2.32. The number of furan rings is 1. The van der Waals surface area contributed by atoms with Crippen LogP contribution in [0.5, 0.6) is 0 Å². The largest absolute Gasteiger partial charge is 0.454 e. The number of aliphatic hydroxyl groups excluding tert-OH is 1. The molecule has 39 heavy (non-hydrogen) atoms. The molecule has 6 heterocycles. The number of piperidine rings is 1. The third-order valence-electron chi connectivity index (χ3n) is 7.56. The van der Waals surface area contributed by atoms with Gasteiger partial charge in [-0.1, -0.05) is 6.92 Å². The van der Waals surface area contributed by atoms with Crippen molar-refractivity contribution < 1.29 is 19.1 Å². The van der Waals surface area contributed by atoms with Crippen molar-refractivity contribution in [3.63, 3.8) is 0 Å². The van der Waals surface area contributed by atoms with Crippen molar-refractivity contribution in [1.82, 2.24) is 15.0 Å². The zero-order chi connectivity index (χ0) is 26.9. The van der Waals surface area contributed by atoms with Crippen molar-refractivity contribution >= 4 is 28.4 Å². The number of pyridine rings is 3. The summed E-state index contributed by atoms with van der Waals surface area (Å²) >= 11 is 0. The van der Waals surface area contributed by atoms with Gasteiger partial charge in [0.2, 0.25) is 0 Å². The number of rotatable bonds is 6. The topological polar surface area (TPSA) is 131 Å². The smallest absolute Gasteiger partial charge is 0.185 e. The predicted octanol–water partition coefficient (Wildman–Crippen LogP) is 2.69. The number of morpholine rings is 1. The van der Waals surface area contributed by atoms with Crippen molar-refractivity contribution in [1.29, 1.82) is 0 Å². The Hall–Kier alpha value is -3.86. The SMILES string of the molecule is C[C@H]1CN(c2ccncc2CC(=O)c2ccc3oc(-c4ccc(N5CCOCC5)nc4)cc3n2)C[C@@H](N)[C@@H]1O. The third kappa shape index (κ3) is 5.23. The first-order valence-corrected chi connectivity index (χ1v) is 13.3. The summed E-state index contributed by atoms with van der Waals surface area (Å²) in [6.07, 6.45) is 4.84. The van der Waals surface area contributed by atoms with Crippen LogP contribution in [-0.2, 0) is 11.2 Å². The normalized spacial score (nSPS) is 21.9. The maximum absolute atomic E-state index is 13.3. The van der Waals surface area contributed by atoms with Gasteiger partial charge in [0.25, 0.3) is 0 Å². The molecule has 202 valence electrons. The van der Waals surface area contributed by atoms with Crippen molar-refractivity contribution in [3.05, 3.63) is 66.2 Å². The molecule has 0 bridgehead atoms. The van der Waals surface area contributed by atoms with E-state index in [2.05, 4.69) is 24.8 Å². The molecule has 6 rings (SSSR count). The second-order valence-electron chi connectivity index (χ2n) is 10.3. The summed E-state index contributed by atoms with van der Waals surface area (Å²) in [5.41, 5.74) is 10.3. The highest BCUT2D eigenvalue weighted by atomic mass is 16.5. The number of fused-ring (bicyclic) bond motifs is 1. The molecule has 0 aliphatic carbocycles. The van der Waals surface area contributed by atoms with Crippen LogP contribution in [0.25, 0.3) is 22.4 Å². The molecule has 10 heteroatoms. The third-order valence-corrected chi connectivity index (χ3v) is 7.56. The van der Waals surface area contributed by atoms with Crippen LogP contribution in [0.4, 0.5) is 11.5 Å². The molecule has 0 radical (unpaired) electrons. The van der Waals surface area contributed by atoms with Crippen LogP contribution in [0, 0.1) is 5.92 Å². The van der Waals surface area contributed by atoms with Crippen molar-refractivity contribution in [3.8, 4) is 11.3 Å². The first kappa shape index (κ1) is 25.4. The molecule has 2 aliphatic heterocycles. The van der Waals surface area contributed by atoms with E-state index < -0.39 is 6.10 Å². The minimum absolute atomic E-state index is 0.0237. The minimum Gasteiger partial charge on any atom is -0.454 e. The Kier molecular flexibility index (Phi) is 6.99. The second-order valence-corrected chi connectivity index (χ2v) is 10.3. The predicted molar refractivity (Wildman–Crippen MR) is 148 cm³/mol. The van der Waals surface area contributed by atoms with Gasteiger partial charge in [-0.3, -0.25) is 9.78 Å². The minimum atomic E-state index is -0.539. The lowest BCUT2D eigenvalue weighted by atomic mass is 9.92. The van der Waals surface area contributed by atoms with E-state index in [0.29, 0.717) is 48.9 Å². The van der Waals surface area contributed by atoms with E-state index in [1.807, 2.05) is 31.2 Å². The van der Waals surface area contributed by atoms with E-state index in [1.165, 1.54) is 0 Å². The van der Waals surface area contributed by atoms with E-state index in [4.69, 9.17) is 14.9 Å². The second kappa shape index (κ2) is 10.7.